The quantitative estimate of drug-likeness (QED) is 0.322. The molecule has 0 fully saturated rings. The maximum Gasteiger partial charge on any atom is 0.357 e. The highest BCUT2D eigenvalue weighted by Crippen LogP contribution is 2.35. The van der Waals surface area contributed by atoms with E-state index in [1.165, 1.54) is 0 Å². The standard InChI is InChI=1S/C27H28N2O6/c1-15(2)33-26(30)18-8-6-7-9-23(18)35-17-10-11-21-19(12-17)24-20(14-32-5)25(27(31)34-16(3)4)28-13-22(24)29-21/h6-13,15-16,29H,14H2,1-5H3. The van der Waals surface area contributed by atoms with Gasteiger partial charge in [0.25, 0.3) is 0 Å². The Bertz CT molecular complexity index is 1390. The maximum absolute atomic E-state index is 12.7. The third kappa shape index (κ3) is 5.12. The van der Waals surface area contributed by atoms with Crippen LogP contribution in [0.1, 0.15) is 54.1 Å². The van der Waals surface area contributed by atoms with Gasteiger partial charge < -0.3 is 23.9 Å². The number of hydrogen-bond acceptors (Lipinski definition) is 7. The molecule has 0 radical (unpaired) electrons. The topological polar surface area (TPSA) is 99.7 Å². The number of nitrogens with one attached hydrogen (secondary N) is 1. The number of rotatable bonds is 8. The Morgan fingerprint density at radius 2 is 1.66 bits per heavy atom. The number of para-hydroxylation sites is 1. The number of aromatic nitrogens is 2. The maximum atomic E-state index is 12.7. The summed E-state index contributed by atoms with van der Waals surface area (Å²) in [5, 5.41) is 1.62. The summed E-state index contributed by atoms with van der Waals surface area (Å²) in [5.41, 5.74) is 2.77. The molecule has 0 amide bonds. The van der Waals surface area contributed by atoms with Crippen LogP contribution < -0.4 is 4.74 Å². The van der Waals surface area contributed by atoms with Crippen LogP contribution in [-0.4, -0.2) is 41.2 Å². The molecule has 8 nitrogen and oxygen atoms in total. The summed E-state index contributed by atoms with van der Waals surface area (Å²) in [4.78, 5) is 32.9. The molecule has 2 aromatic heterocycles. The number of ether oxygens (including phenoxy) is 4. The van der Waals surface area contributed by atoms with E-state index >= 15 is 0 Å². The zero-order valence-corrected chi connectivity index (χ0v) is 20.4. The van der Waals surface area contributed by atoms with E-state index in [0.29, 0.717) is 22.6 Å². The third-order valence-electron chi connectivity index (χ3n) is 5.21. The number of aromatic amines is 1. The smallest absolute Gasteiger partial charge is 0.357 e. The lowest BCUT2D eigenvalue weighted by Gasteiger charge is -2.13. The number of methoxy groups -OCH3 is 1. The molecule has 2 heterocycles. The Labute approximate surface area is 203 Å². The number of nitrogens with zero attached hydrogens (tertiary/aromatic N) is 1. The van der Waals surface area contributed by atoms with Crippen molar-refractivity contribution in [1.29, 1.82) is 0 Å². The van der Waals surface area contributed by atoms with Crippen molar-refractivity contribution < 1.29 is 28.5 Å². The van der Waals surface area contributed by atoms with Crippen LogP contribution in [0.3, 0.4) is 0 Å². The highest BCUT2D eigenvalue weighted by atomic mass is 16.5. The van der Waals surface area contributed by atoms with Crippen molar-refractivity contribution in [3.8, 4) is 11.5 Å². The number of carbonyl (C=O) groups excluding carboxylic acids is 2. The second-order valence-electron chi connectivity index (χ2n) is 8.65. The largest absolute Gasteiger partial charge is 0.459 e. The first kappa shape index (κ1) is 24.2. The van der Waals surface area contributed by atoms with Gasteiger partial charge in [0.1, 0.15) is 17.1 Å². The summed E-state index contributed by atoms with van der Waals surface area (Å²) in [5.74, 6) is -0.0502. The number of H-pyrrole nitrogens is 1. The van der Waals surface area contributed by atoms with Crippen molar-refractivity contribution in [2.24, 2.45) is 0 Å². The highest BCUT2D eigenvalue weighted by Gasteiger charge is 2.22. The Balaban J connectivity index is 1.80. The summed E-state index contributed by atoms with van der Waals surface area (Å²) in [7, 11) is 1.56. The number of fused-ring (bicyclic) bond motifs is 3. The fourth-order valence-corrected chi connectivity index (χ4v) is 3.86. The first-order valence-corrected chi connectivity index (χ1v) is 11.4. The van der Waals surface area contributed by atoms with E-state index < -0.39 is 11.9 Å². The summed E-state index contributed by atoms with van der Waals surface area (Å²) >= 11 is 0. The molecule has 4 rings (SSSR count). The fraction of sp³-hybridized carbons (Fsp3) is 0.296. The first-order valence-electron chi connectivity index (χ1n) is 11.4. The van der Waals surface area contributed by atoms with Crippen molar-refractivity contribution in [3.63, 3.8) is 0 Å². The number of hydrogen-bond donors (Lipinski definition) is 1. The Morgan fingerprint density at radius 1 is 0.943 bits per heavy atom. The van der Waals surface area contributed by atoms with E-state index in [1.807, 2.05) is 12.1 Å². The number of carbonyl (C=O) groups is 2. The minimum Gasteiger partial charge on any atom is -0.459 e. The Morgan fingerprint density at radius 3 is 2.37 bits per heavy atom. The lowest BCUT2D eigenvalue weighted by molar-refractivity contribution is 0.0359. The second-order valence-corrected chi connectivity index (χ2v) is 8.65. The predicted octanol–water partition coefficient (Wildman–Crippen LogP) is 5.79. The first-order chi connectivity index (χ1) is 16.8. The van der Waals surface area contributed by atoms with Crippen molar-refractivity contribution in [2.75, 3.05) is 7.11 Å². The predicted molar refractivity (Wildman–Crippen MR) is 132 cm³/mol. The Kier molecular flexibility index (Phi) is 7.02. The average molecular weight is 477 g/mol. The molecule has 1 N–H and O–H groups in total. The second kappa shape index (κ2) is 10.1. The van der Waals surface area contributed by atoms with Crippen molar-refractivity contribution in [3.05, 3.63) is 65.5 Å². The van der Waals surface area contributed by atoms with E-state index in [1.54, 1.807) is 71.3 Å². The lowest BCUT2D eigenvalue weighted by atomic mass is 10.1. The van der Waals surface area contributed by atoms with E-state index in [0.717, 1.165) is 21.8 Å². The summed E-state index contributed by atoms with van der Waals surface area (Å²) in [6.45, 7) is 7.34. The van der Waals surface area contributed by atoms with Crippen molar-refractivity contribution in [2.45, 2.75) is 46.5 Å². The molecule has 35 heavy (non-hydrogen) atoms. The molecule has 0 aliphatic heterocycles. The van der Waals surface area contributed by atoms with Gasteiger partial charge in [0, 0.05) is 29.0 Å². The van der Waals surface area contributed by atoms with Crippen LogP contribution in [0.2, 0.25) is 0 Å². The van der Waals surface area contributed by atoms with Gasteiger partial charge in [-0.05, 0) is 58.0 Å². The summed E-state index contributed by atoms with van der Waals surface area (Å²) in [6.07, 6.45) is 1.09. The van der Waals surface area contributed by atoms with Gasteiger partial charge in [-0.1, -0.05) is 12.1 Å². The molecule has 182 valence electrons. The lowest BCUT2D eigenvalue weighted by Crippen LogP contribution is -2.15. The van der Waals surface area contributed by atoms with E-state index in [4.69, 9.17) is 18.9 Å². The molecule has 0 saturated heterocycles. The average Bonchev–Trinajstić information content (AvgIpc) is 3.17. The minimum atomic E-state index is -0.506. The normalized spacial score (nSPS) is 11.4. The van der Waals surface area contributed by atoms with Crippen molar-refractivity contribution in [1.82, 2.24) is 9.97 Å². The molecule has 0 unspecified atom stereocenters. The molecule has 0 saturated carbocycles. The number of pyridine rings is 1. The van der Waals surface area contributed by atoms with Gasteiger partial charge in [-0.25, -0.2) is 14.6 Å². The van der Waals surface area contributed by atoms with Gasteiger partial charge in [0.05, 0.1) is 30.5 Å². The van der Waals surface area contributed by atoms with Crippen molar-refractivity contribution >= 4 is 33.7 Å². The minimum absolute atomic E-state index is 0.175. The van der Waals surface area contributed by atoms with Gasteiger partial charge in [0.15, 0.2) is 5.69 Å². The van der Waals surface area contributed by atoms with E-state index in [9.17, 15) is 9.59 Å². The van der Waals surface area contributed by atoms with Gasteiger partial charge in [-0.15, -0.1) is 0 Å². The molecule has 0 spiro atoms. The van der Waals surface area contributed by atoms with Crippen LogP contribution in [0.4, 0.5) is 0 Å². The molecule has 0 bridgehead atoms. The van der Waals surface area contributed by atoms with E-state index in [-0.39, 0.29) is 24.5 Å². The Hall–Kier alpha value is -3.91. The molecule has 8 heteroatoms. The number of benzene rings is 2. The molecule has 2 aromatic carbocycles. The molecule has 0 aliphatic rings. The van der Waals surface area contributed by atoms with Gasteiger partial charge in [-0.3, -0.25) is 0 Å². The van der Waals surface area contributed by atoms with Gasteiger partial charge in [-0.2, -0.15) is 0 Å². The van der Waals surface area contributed by atoms with Crippen LogP contribution in [0.5, 0.6) is 11.5 Å². The SMILES string of the molecule is COCc1c(C(=O)OC(C)C)ncc2[nH]c3ccc(Oc4ccccc4C(=O)OC(C)C)cc3c12. The van der Waals surface area contributed by atoms with Crippen LogP contribution in [0.25, 0.3) is 21.8 Å². The third-order valence-corrected chi connectivity index (χ3v) is 5.21. The van der Waals surface area contributed by atoms with E-state index in [2.05, 4.69) is 9.97 Å². The molecule has 0 atom stereocenters. The van der Waals surface area contributed by atoms with Crippen LogP contribution in [-0.2, 0) is 20.8 Å². The van der Waals surface area contributed by atoms with Gasteiger partial charge in [0.2, 0.25) is 0 Å². The number of esters is 2. The highest BCUT2D eigenvalue weighted by molar-refractivity contribution is 6.11. The van der Waals surface area contributed by atoms with Crippen LogP contribution >= 0.6 is 0 Å². The molecule has 4 aromatic rings. The monoisotopic (exact) mass is 476 g/mol. The molecular formula is C27H28N2O6. The summed E-state index contributed by atoms with van der Waals surface area (Å²) in [6, 6.07) is 12.5. The van der Waals surface area contributed by atoms with Crippen LogP contribution in [0.15, 0.2) is 48.7 Å². The molecular weight excluding hydrogens is 448 g/mol. The fourth-order valence-electron chi connectivity index (χ4n) is 3.86. The zero-order valence-electron chi connectivity index (χ0n) is 20.4. The molecule has 0 aliphatic carbocycles. The zero-order chi connectivity index (χ0) is 25.1. The van der Waals surface area contributed by atoms with Gasteiger partial charge >= 0.3 is 11.9 Å². The van der Waals surface area contributed by atoms with Crippen LogP contribution in [0, 0.1) is 0 Å². The summed E-state index contributed by atoms with van der Waals surface area (Å²) < 4.78 is 22.3.